The van der Waals surface area contributed by atoms with Crippen LogP contribution in [-0.2, 0) is 20.0 Å². The van der Waals surface area contributed by atoms with E-state index in [1.165, 1.54) is 0 Å². The van der Waals surface area contributed by atoms with Gasteiger partial charge in [-0.25, -0.2) is 9.97 Å². The van der Waals surface area contributed by atoms with Crippen molar-refractivity contribution in [2.75, 3.05) is 17.7 Å². The van der Waals surface area contributed by atoms with Gasteiger partial charge in [0.1, 0.15) is 17.5 Å². The minimum atomic E-state index is 0.706. The Kier molecular flexibility index (Phi) is 3.99. The molecule has 0 amide bonds. The summed E-state index contributed by atoms with van der Waals surface area (Å²) in [6.07, 6.45) is 4.66. The summed E-state index contributed by atoms with van der Waals surface area (Å²) < 4.78 is 1.79. The van der Waals surface area contributed by atoms with Crippen molar-refractivity contribution >= 4 is 11.6 Å². The fraction of sp³-hybridized carbons (Fsp3) is 0.462. The van der Waals surface area contributed by atoms with E-state index in [-0.39, 0.29) is 0 Å². The maximum atomic E-state index is 4.53. The fourth-order valence-corrected chi connectivity index (χ4v) is 1.89. The van der Waals surface area contributed by atoms with E-state index in [4.69, 9.17) is 0 Å². The summed E-state index contributed by atoms with van der Waals surface area (Å²) in [5.41, 5.74) is 2.16. The van der Waals surface area contributed by atoms with Crippen LogP contribution in [0.5, 0.6) is 0 Å². The highest BCUT2D eigenvalue weighted by Gasteiger charge is 2.09. The van der Waals surface area contributed by atoms with Crippen LogP contribution in [0.25, 0.3) is 0 Å². The molecule has 0 spiro atoms. The minimum absolute atomic E-state index is 0.706. The molecule has 0 fully saturated rings. The number of hydrogen-bond acceptors (Lipinski definition) is 5. The van der Waals surface area contributed by atoms with Crippen LogP contribution in [0.4, 0.5) is 11.6 Å². The van der Waals surface area contributed by atoms with Gasteiger partial charge < -0.3 is 10.6 Å². The number of anilines is 2. The lowest BCUT2D eigenvalue weighted by Gasteiger charge is -2.12. The Balaban J connectivity index is 2.19. The topological polar surface area (TPSA) is 67.7 Å². The summed E-state index contributed by atoms with van der Waals surface area (Å²) in [4.78, 5) is 8.98. The molecule has 0 bridgehead atoms. The molecule has 2 rings (SSSR count). The smallest absolute Gasteiger partial charge is 0.135 e. The van der Waals surface area contributed by atoms with Gasteiger partial charge in [0.05, 0.1) is 6.20 Å². The average Bonchev–Trinajstić information content (AvgIpc) is 2.83. The molecule has 0 radical (unpaired) electrons. The zero-order valence-electron chi connectivity index (χ0n) is 11.9. The van der Waals surface area contributed by atoms with E-state index in [1.54, 1.807) is 4.68 Å². The maximum Gasteiger partial charge on any atom is 0.135 e. The van der Waals surface area contributed by atoms with Crippen LogP contribution in [0.1, 0.15) is 23.9 Å². The third-order valence-corrected chi connectivity index (χ3v) is 2.96. The van der Waals surface area contributed by atoms with E-state index in [1.807, 2.05) is 33.4 Å². The van der Waals surface area contributed by atoms with E-state index in [2.05, 4.69) is 32.6 Å². The van der Waals surface area contributed by atoms with Crippen LogP contribution in [0.3, 0.4) is 0 Å². The van der Waals surface area contributed by atoms with Gasteiger partial charge >= 0.3 is 0 Å². The first-order valence-corrected chi connectivity index (χ1v) is 6.40. The summed E-state index contributed by atoms with van der Waals surface area (Å²) in [5.74, 6) is 2.59. The van der Waals surface area contributed by atoms with Crippen molar-refractivity contribution in [3.8, 4) is 0 Å². The number of hydrogen-bond donors (Lipinski definition) is 2. The Morgan fingerprint density at radius 1 is 1.26 bits per heavy atom. The summed E-state index contributed by atoms with van der Waals surface area (Å²) in [6.45, 7) is 4.77. The number of rotatable bonds is 5. The lowest BCUT2D eigenvalue weighted by atomic mass is 10.2. The first-order valence-electron chi connectivity index (χ1n) is 6.40. The molecule has 2 heterocycles. The van der Waals surface area contributed by atoms with Gasteiger partial charge in [-0.3, -0.25) is 4.68 Å². The first kappa shape index (κ1) is 13.3. The van der Waals surface area contributed by atoms with Crippen molar-refractivity contribution in [1.82, 2.24) is 19.7 Å². The molecular weight excluding hydrogens is 240 g/mol. The van der Waals surface area contributed by atoms with Crippen LogP contribution in [0.2, 0.25) is 0 Å². The van der Waals surface area contributed by atoms with Gasteiger partial charge in [0.15, 0.2) is 0 Å². The van der Waals surface area contributed by atoms with Gasteiger partial charge in [0, 0.05) is 44.4 Å². The summed E-state index contributed by atoms with van der Waals surface area (Å²) in [5, 5.41) is 10.6. The normalized spacial score (nSPS) is 10.5. The quantitative estimate of drug-likeness (QED) is 0.857. The highest BCUT2D eigenvalue weighted by molar-refractivity contribution is 5.57. The van der Waals surface area contributed by atoms with Gasteiger partial charge in [-0.1, -0.05) is 6.92 Å². The Morgan fingerprint density at radius 2 is 2.00 bits per heavy atom. The van der Waals surface area contributed by atoms with E-state index in [9.17, 15) is 0 Å². The summed E-state index contributed by atoms with van der Waals surface area (Å²) >= 11 is 0. The van der Waals surface area contributed by atoms with Crippen molar-refractivity contribution in [1.29, 1.82) is 0 Å². The molecule has 2 aromatic heterocycles. The summed E-state index contributed by atoms with van der Waals surface area (Å²) in [6, 6.07) is 0. The Labute approximate surface area is 113 Å². The van der Waals surface area contributed by atoms with Crippen LogP contribution < -0.4 is 10.6 Å². The Hall–Kier alpha value is -2.11. The summed E-state index contributed by atoms with van der Waals surface area (Å²) in [7, 11) is 3.79. The molecule has 0 aliphatic carbocycles. The van der Waals surface area contributed by atoms with Crippen LogP contribution in [0.15, 0.2) is 12.4 Å². The maximum absolute atomic E-state index is 4.53. The molecule has 102 valence electrons. The molecule has 2 N–H and O–H groups in total. The molecule has 0 saturated heterocycles. The highest BCUT2D eigenvalue weighted by atomic mass is 15.2. The van der Waals surface area contributed by atoms with E-state index >= 15 is 0 Å². The number of nitrogens with one attached hydrogen (secondary N) is 2. The third-order valence-electron chi connectivity index (χ3n) is 2.96. The Morgan fingerprint density at radius 3 is 2.58 bits per heavy atom. The van der Waals surface area contributed by atoms with Crippen molar-refractivity contribution in [2.24, 2.45) is 7.05 Å². The molecule has 0 atom stereocenters. The number of aryl methyl sites for hydroxylation is 2. The van der Waals surface area contributed by atoms with E-state index in [0.717, 1.165) is 35.0 Å². The molecule has 6 nitrogen and oxygen atoms in total. The standard InChI is InChI=1S/C13H20N6/c1-5-11-17-12(14-3)9(2)13(18-11)15-6-10-7-16-19(4)8-10/h7-8H,5-6H2,1-4H3,(H2,14,15,17,18). The molecule has 0 aliphatic rings. The largest absolute Gasteiger partial charge is 0.373 e. The van der Waals surface area contributed by atoms with Gasteiger partial charge in [0.25, 0.3) is 0 Å². The molecule has 0 unspecified atom stereocenters. The fourth-order valence-electron chi connectivity index (χ4n) is 1.89. The van der Waals surface area contributed by atoms with Gasteiger partial charge in [-0.2, -0.15) is 5.10 Å². The molecule has 2 aromatic rings. The zero-order valence-corrected chi connectivity index (χ0v) is 11.9. The van der Waals surface area contributed by atoms with Gasteiger partial charge in [-0.15, -0.1) is 0 Å². The molecule has 6 heteroatoms. The predicted octanol–water partition coefficient (Wildman–Crippen LogP) is 1.73. The second-order valence-corrected chi connectivity index (χ2v) is 4.44. The molecule has 0 aromatic carbocycles. The lowest BCUT2D eigenvalue weighted by molar-refractivity contribution is 0.767. The molecule has 19 heavy (non-hydrogen) atoms. The Bertz CT molecular complexity index is 560. The molecule has 0 saturated carbocycles. The van der Waals surface area contributed by atoms with Crippen LogP contribution in [-0.4, -0.2) is 26.8 Å². The highest BCUT2D eigenvalue weighted by Crippen LogP contribution is 2.20. The van der Waals surface area contributed by atoms with Crippen molar-refractivity contribution in [2.45, 2.75) is 26.8 Å². The SMILES string of the molecule is CCc1nc(NC)c(C)c(NCc2cnn(C)c2)n1. The molecule has 0 aliphatic heterocycles. The predicted molar refractivity (Wildman–Crippen MR) is 76.2 cm³/mol. The first-order chi connectivity index (χ1) is 9.13. The average molecular weight is 260 g/mol. The number of nitrogens with zero attached hydrogens (tertiary/aromatic N) is 4. The van der Waals surface area contributed by atoms with Crippen LogP contribution >= 0.6 is 0 Å². The van der Waals surface area contributed by atoms with Crippen molar-refractivity contribution < 1.29 is 0 Å². The van der Waals surface area contributed by atoms with Gasteiger partial charge in [-0.05, 0) is 6.92 Å². The lowest BCUT2D eigenvalue weighted by Crippen LogP contribution is -2.09. The van der Waals surface area contributed by atoms with Crippen LogP contribution in [0, 0.1) is 6.92 Å². The van der Waals surface area contributed by atoms with Crippen molar-refractivity contribution in [3.05, 3.63) is 29.3 Å². The minimum Gasteiger partial charge on any atom is -0.373 e. The van der Waals surface area contributed by atoms with E-state index in [0.29, 0.717) is 6.54 Å². The third kappa shape index (κ3) is 3.01. The zero-order chi connectivity index (χ0) is 13.8. The monoisotopic (exact) mass is 260 g/mol. The van der Waals surface area contributed by atoms with Gasteiger partial charge in [0.2, 0.25) is 0 Å². The second-order valence-electron chi connectivity index (χ2n) is 4.44. The second kappa shape index (κ2) is 5.69. The number of aromatic nitrogens is 4. The molecular formula is C13H20N6. The van der Waals surface area contributed by atoms with Crippen molar-refractivity contribution in [3.63, 3.8) is 0 Å². The van der Waals surface area contributed by atoms with E-state index < -0.39 is 0 Å².